The first-order chi connectivity index (χ1) is 18.1. The Hall–Kier alpha value is -4.34. The van der Waals surface area contributed by atoms with E-state index in [0.29, 0.717) is 35.1 Å². The first kappa shape index (κ1) is 24.4. The summed E-state index contributed by atoms with van der Waals surface area (Å²) in [4.78, 5) is 35.9. The van der Waals surface area contributed by atoms with Crippen LogP contribution in [0.2, 0.25) is 0 Å². The van der Waals surface area contributed by atoms with Crippen molar-refractivity contribution in [3.8, 4) is 10.4 Å². The molecule has 1 amide bonds. The minimum atomic E-state index is -0.235. The molecule has 37 heavy (non-hydrogen) atoms. The van der Waals surface area contributed by atoms with Crippen LogP contribution in [0.5, 0.6) is 0 Å². The summed E-state index contributed by atoms with van der Waals surface area (Å²) in [6.45, 7) is 1.15. The van der Waals surface area contributed by atoms with Gasteiger partial charge in [0.1, 0.15) is 0 Å². The van der Waals surface area contributed by atoms with Crippen LogP contribution in [-0.2, 0) is 11.3 Å². The Morgan fingerprint density at radius 1 is 1.03 bits per heavy atom. The number of methoxy groups -OCH3 is 1. The summed E-state index contributed by atoms with van der Waals surface area (Å²) in [5.41, 5.74) is 3.94. The number of rotatable bonds is 10. The van der Waals surface area contributed by atoms with Crippen LogP contribution in [-0.4, -0.2) is 46.5 Å². The summed E-state index contributed by atoms with van der Waals surface area (Å²) in [6.07, 6.45) is 3.49. The smallest absolute Gasteiger partial charge is 0.268 e. The summed E-state index contributed by atoms with van der Waals surface area (Å²) in [5.74, 6) is 0.202. The predicted octanol–water partition coefficient (Wildman–Crippen LogP) is 5.35. The van der Waals surface area contributed by atoms with Crippen LogP contribution in [0, 0.1) is 0 Å². The maximum Gasteiger partial charge on any atom is 0.268 e. The second-order valence-corrected chi connectivity index (χ2v) is 9.37. The highest BCUT2D eigenvalue weighted by Gasteiger charge is 2.17. The topological polar surface area (TPSA) is 98.1 Å². The molecule has 3 aromatic heterocycles. The van der Waals surface area contributed by atoms with Gasteiger partial charge in [-0.15, -0.1) is 11.3 Å². The summed E-state index contributed by atoms with van der Waals surface area (Å²) in [6, 6.07) is 22.4. The third-order valence-corrected chi connectivity index (χ3v) is 6.95. The third-order valence-electron chi connectivity index (χ3n) is 5.82. The lowest BCUT2D eigenvalue weighted by molar-refractivity contribution is 0.100. The molecule has 186 valence electrons. The molecule has 0 aliphatic heterocycles. The van der Waals surface area contributed by atoms with Crippen LogP contribution in [0.1, 0.15) is 20.0 Å². The predicted molar refractivity (Wildman–Crippen MR) is 146 cm³/mol. The highest BCUT2D eigenvalue weighted by atomic mass is 32.1. The van der Waals surface area contributed by atoms with Gasteiger partial charge in [-0.3, -0.25) is 19.9 Å². The van der Waals surface area contributed by atoms with Gasteiger partial charge >= 0.3 is 0 Å². The Morgan fingerprint density at radius 3 is 2.68 bits per heavy atom. The Kier molecular flexibility index (Phi) is 7.34. The number of hydrogen-bond acceptors (Lipinski definition) is 7. The highest BCUT2D eigenvalue weighted by Crippen LogP contribution is 2.29. The van der Waals surface area contributed by atoms with E-state index in [1.165, 1.54) is 11.3 Å². The van der Waals surface area contributed by atoms with Gasteiger partial charge < -0.3 is 14.6 Å². The standard InChI is InChI=1S/C28H25N5O3S/c1-36-15-14-33-23-10-9-21(30-18-24(34)19-6-3-2-4-7-19)16-22(23)31-28(33)32-27(35)26-12-11-25(37-26)20-8-5-13-29-17-20/h2-13,16-17,30H,14-15,18H2,1H3,(H,31,32,35). The van der Waals surface area contributed by atoms with Crippen LogP contribution in [0.25, 0.3) is 21.5 Å². The van der Waals surface area contributed by atoms with Crippen LogP contribution < -0.4 is 10.6 Å². The number of nitrogens with zero attached hydrogens (tertiary/aromatic N) is 3. The SMILES string of the molecule is COCCn1c(NC(=O)c2ccc(-c3cccnc3)s2)nc2cc(NCC(=O)c3ccccc3)ccc21. The van der Waals surface area contributed by atoms with Crippen molar-refractivity contribution in [3.05, 3.63) is 95.6 Å². The number of Topliss-reactive ketones (excluding diaryl/α,β-unsaturated/α-hetero) is 1. The van der Waals surface area contributed by atoms with Crippen molar-refractivity contribution >= 4 is 45.7 Å². The van der Waals surface area contributed by atoms with E-state index < -0.39 is 0 Å². The molecule has 5 aromatic rings. The third kappa shape index (κ3) is 5.58. The van der Waals surface area contributed by atoms with E-state index in [2.05, 4.69) is 20.6 Å². The molecule has 0 atom stereocenters. The molecule has 0 spiro atoms. The Labute approximate surface area is 218 Å². The summed E-state index contributed by atoms with van der Waals surface area (Å²) in [5, 5.41) is 6.14. The van der Waals surface area contributed by atoms with Crippen molar-refractivity contribution in [3.63, 3.8) is 0 Å². The molecule has 0 bridgehead atoms. The van der Waals surface area contributed by atoms with Gasteiger partial charge in [-0.25, -0.2) is 4.98 Å². The van der Waals surface area contributed by atoms with Gasteiger partial charge in [0.25, 0.3) is 5.91 Å². The second-order valence-electron chi connectivity index (χ2n) is 8.29. The molecule has 2 aromatic carbocycles. The molecule has 9 heteroatoms. The molecule has 5 rings (SSSR count). The summed E-state index contributed by atoms with van der Waals surface area (Å²) >= 11 is 1.40. The number of benzene rings is 2. The van der Waals surface area contributed by atoms with E-state index in [0.717, 1.165) is 21.6 Å². The lowest BCUT2D eigenvalue weighted by Crippen LogP contribution is -2.16. The maximum atomic E-state index is 13.1. The number of fused-ring (bicyclic) bond motifs is 1. The van der Waals surface area contributed by atoms with Crippen molar-refractivity contribution in [2.75, 3.05) is 30.9 Å². The number of ether oxygens (including phenoxy) is 1. The van der Waals surface area contributed by atoms with Crippen molar-refractivity contribution in [1.82, 2.24) is 14.5 Å². The molecule has 2 N–H and O–H groups in total. The summed E-state index contributed by atoms with van der Waals surface area (Å²) in [7, 11) is 1.63. The number of aromatic nitrogens is 3. The first-order valence-corrected chi connectivity index (χ1v) is 12.6. The fraction of sp³-hybridized carbons (Fsp3) is 0.143. The Balaban J connectivity index is 1.35. The number of pyridine rings is 1. The molecule has 0 aliphatic rings. The largest absolute Gasteiger partial charge is 0.383 e. The first-order valence-electron chi connectivity index (χ1n) is 11.8. The van der Waals surface area contributed by atoms with Gasteiger partial charge in [-0.2, -0.15) is 0 Å². The molecule has 0 unspecified atom stereocenters. The molecule has 0 saturated carbocycles. The maximum absolute atomic E-state index is 13.1. The molecule has 0 radical (unpaired) electrons. The molecule has 0 aliphatic carbocycles. The fourth-order valence-corrected chi connectivity index (χ4v) is 4.83. The van der Waals surface area contributed by atoms with Crippen molar-refractivity contribution in [1.29, 1.82) is 0 Å². The quantitative estimate of drug-likeness (QED) is 0.245. The van der Waals surface area contributed by atoms with Gasteiger partial charge in [-0.1, -0.05) is 36.4 Å². The average molecular weight is 512 g/mol. The Bertz CT molecular complexity index is 1530. The van der Waals surface area contributed by atoms with E-state index in [9.17, 15) is 9.59 Å². The number of hydrogen-bond donors (Lipinski definition) is 2. The lowest BCUT2D eigenvalue weighted by atomic mass is 10.1. The fourth-order valence-electron chi connectivity index (χ4n) is 3.94. The van der Waals surface area contributed by atoms with Crippen LogP contribution in [0.4, 0.5) is 11.6 Å². The highest BCUT2D eigenvalue weighted by molar-refractivity contribution is 7.17. The van der Waals surface area contributed by atoms with Crippen molar-refractivity contribution in [2.45, 2.75) is 6.54 Å². The number of imidazole rings is 1. The zero-order valence-electron chi connectivity index (χ0n) is 20.2. The number of anilines is 2. The zero-order chi connectivity index (χ0) is 25.6. The zero-order valence-corrected chi connectivity index (χ0v) is 21.0. The number of carbonyl (C=O) groups is 2. The molecule has 0 saturated heterocycles. The number of carbonyl (C=O) groups excluding carboxylic acids is 2. The van der Waals surface area contributed by atoms with Crippen molar-refractivity contribution < 1.29 is 14.3 Å². The molecule has 0 fully saturated rings. The Morgan fingerprint density at radius 2 is 1.89 bits per heavy atom. The van der Waals surface area contributed by atoms with Crippen LogP contribution in [0.15, 0.2) is 85.2 Å². The summed E-state index contributed by atoms with van der Waals surface area (Å²) < 4.78 is 7.20. The molecule has 8 nitrogen and oxygen atoms in total. The second kappa shape index (κ2) is 11.2. The van der Waals surface area contributed by atoms with Crippen LogP contribution >= 0.6 is 11.3 Å². The normalized spacial score (nSPS) is 10.9. The molecule has 3 heterocycles. The number of nitrogens with one attached hydrogen (secondary N) is 2. The van der Waals surface area contributed by atoms with E-state index >= 15 is 0 Å². The monoisotopic (exact) mass is 511 g/mol. The minimum Gasteiger partial charge on any atom is -0.383 e. The van der Waals surface area contributed by atoms with Gasteiger partial charge in [0.2, 0.25) is 5.95 Å². The number of amides is 1. The number of ketones is 1. The molecular weight excluding hydrogens is 486 g/mol. The lowest BCUT2D eigenvalue weighted by Gasteiger charge is -2.09. The van der Waals surface area contributed by atoms with E-state index in [-0.39, 0.29) is 18.2 Å². The molecular formula is C28H25N5O3S. The number of thiophene rings is 1. The average Bonchev–Trinajstić information content (AvgIpc) is 3.56. The van der Waals surface area contributed by atoms with E-state index in [1.54, 1.807) is 37.7 Å². The van der Waals surface area contributed by atoms with E-state index in [1.807, 2.05) is 59.2 Å². The van der Waals surface area contributed by atoms with Crippen LogP contribution in [0.3, 0.4) is 0 Å². The van der Waals surface area contributed by atoms with Gasteiger partial charge in [0, 0.05) is 47.7 Å². The van der Waals surface area contributed by atoms with Gasteiger partial charge in [-0.05, 0) is 36.4 Å². The minimum absolute atomic E-state index is 0.000810. The van der Waals surface area contributed by atoms with E-state index in [4.69, 9.17) is 4.74 Å². The van der Waals surface area contributed by atoms with Gasteiger partial charge in [0.15, 0.2) is 5.78 Å². The van der Waals surface area contributed by atoms with Crippen molar-refractivity contribution in [2.24, 2.45) is 0 Å². The van der Waals surface area contributed by atoms with Gasteiger partial charge in [0.05, 0.1) is 29.1 Å².